The van der Waals surface area contributed by atoms with Crippen molar-refractivity contribution in [2.45, 2.75) is 39.3 Å². The molecule has 1 aromatic carbocycles. The lowest BCUT2D eigenvalue weighted by Gasteiger charge is -2.18. The molecule has 0 unspecified atom stereocenters. The molecule has 0 atom stereocenters. The molecule has 0 radical (unpaired) electrons. The Balaban J connectivity index is 2.21. The zero-order valence-electron chi connectivity index (χ0n) is 12.9. The first-order chi connectivity index (χ1) is 9.81. The summed E-state index contributed by atoms with van der Waals surface area (Å²) in [5, 5.41) is 11.2. The van der Waals surface area contributed by atoms with Crippen molar-refractivity contribution in [1.82, 2.24) is 4.98 Å². The van der Waals surface area contributed by atoms with E-state index >= 15 is 0 Å². The number of thiazole rings is 1. The van der Waals surface area contributed by atoms with E-state index in [2.05, 4.69) is 25.7 Å². The lowest BCUT2D eigenvalue weighted by molar-refractivity contribution is 0.282. The Kier molecular flexibility index (Phi) is 4.91. The fourth-order valence-corrected chi connectivity index (χ4v) is 3.34. The third-order valence-corrected chi connectivity index (χ3v) is 4.61. The molecule has 2 rings (SSSR count). The van der Waals surface area contributed by atoms with Gasteiger partial charge in [-0.05, 0) is 17.7 Å². The number of aliphatic hydroxyl groups excluding tert-OH is 1. The van der Waals surface area contributed by atoms with Gasteiger partial charge in [-0.2, -0.15) is 0 Å². The molecule has 114 valence electrons. The van der Waals surface area contributed by atoms with Crippen LogP contribution in [0.5, 0.6) is 0 Å². The first-order valence-corrected chi connectivity index (χ1v) is 8.07. The Bertz CT molecular complexity index is 602. The number of nitrogens with zero attached hydrogens (tertiary/aromatic N) is 2. The number of aliphatic hydroxyl groups is 1. The molecule has 0 saturated heterocycles. The molecular weight excluding hydrogens is 304 g/mol. The minimum atomic E-state index is -0.0616. The first kappa shape index (κ1) is 16.3. The summed E-state index contributed by atoms with van der Waals surface area (Å²) < 4.78 is 0. The molecule has 0 aliphatic carbocycles. The van der Waals surface area contributed by atoms with Crippen molar-refractivity contribution in [3.05, 3.63) is 45.4 Å². The van der Waals surface area contributed by atoms with Crippen LogP contribution in [0.2, 0.25) is 5.02 Å². The molecule has 0 saturated carbocycles. The quantitative estimate of drug-likeness (QED) is 0.914. The lowest BCUT2D eigenvalue weighted by atomic mass is 9.91. The summed E-state index contributed by atoms with van der Waals surface area (Å²) in [6.07, 6.45) is 0. The summed E-state index contributed by atoms with van der Waals surface area (Å²) in [4.78, 5) is 7.77. The van der Waals surface area contributed by atoms with Crippen LogP contribution >= 0.6 is 22.9 Å². The van der Waals surface area contributed by atoms with Gasteiger partial charge >= 0.3 is 0 Å². The number of aromatic nitrogens is 1. The topological polar surface area (TPSA) is 36.4 Å². The highest BCUT2D eigenvalue weighted by molar-refractivity contribution is 7.15. The van der Waals surface area contributed by atoms with Crippen LogP contribution in [0.3, 0.4) is 0 Å². The van der Waals surface area contributed by atoms with Crippen LogP contribution in [-0.4, -0.2) is 17.1 Å². The molecule has 1 N–H and O–H groups in total. The maximum Gasteiger partial charge on any atom is 0.185 e. The summed E-state index contributed by atoms with van der Waals surface area (Å²) in [6.45, 7) is 7.15. The van der Waals surface area contributed by atoms with Crippen molar-refractivity contribution in [3.8, 4) is 0 Å². The van der Waals surface area contributed by atoms with E-state index in [1.165, 1.54) is 5.56 Å². The molecule has 0 amide bonds. The van der Waals surface area contributed by atoms with Crippen molar-refractivity contribution in [1.29, 1.82) is 0 Å². The van der Waals surface area contributed by atoms with Gasteiger partial charge < -0.3 is 10.0 Å². The van der Waals surface area contributed by atoms with E-state index in [1.807, 2.05) is 31.3 Å². The molecule has 21 heavy (non-hydrogen) atoms. The van der Waals surface area contributed by atoms with Crippen molar-refractivity contribution >= 4 is 28.1 Å². The monoisotopic (exact) mass is 324 g/mol. The smallest absolute Gasteiger partial charge is 0.185 e. The summed E-state index contributed by atoms with van der Waals surface area (Å²) in [7, 11) is 2.01. The van der Waals surface area contributed by atoms with Crippen LogP contribution in [0.1, 0.15) is 36.9 Å². The van der Waals surface area contributed by atoms with E-state index in [1.54, 1.807) is 11.3 Å². The second-order valence-electron chi connectivity index (χ2n) is 6.16. The van der Waals surface area contributed by atoms with Crippen LogP contribution in [0, 0.1) is 0 Å². The van der Waals surface area contributed by atoms with E-state index < -0.39 is 0 Å². The highest BCUT2D eigenvalue weighted by Gasteiger charge is 2.23. The van der Waals surface area contributed by atoms with E-state index in [0.29, 0.717) is 0 Å². The second kappa shape index (κ2) is 6.34. The number of rotatable bonds is 4. The molecule has 2 aromatic rings. The molecule has 0 bridgehead atoms. The van der Waals surface area contributed by atoms with Gasteiger partial charge in [0.25, 0.3) is 0 Å². The highest BCUT2D eigenvalue weighted by Crippen LogP contribution is 2.33. The standard InChI is InChI=1S/C16H21ClN2OS/c1-16(2,3)14-13(10-20)21-15(18-14)19(4)9-11-5-7-12(17)8-6-11/h5-8,20H,9-10H2,1-4H3. The predicted molar refractivity (Wildman–Crippen MR) is 90.3 cm³/mol. The second-order valence-corrected chi connectivity index (χ2v) is 7.66. The number of anilines is 1. The van der Waals surface area contributed by atoms with Crippen LogP contribution in [0.4, 0.5) is 5.13 Å². The van der Waals surface area contributed by atoms with Gasteiger partial charge in [0.05, 0.1) is 17.2 Å². The van der Waals surface area contributed by atoms with Crippen LogP contribution in [0.15, 0.2) is 24.3 Å². The molecule has 0 spiro atoms. The van der Waals surface area contributed by atoms with E-state index in [0.717, 1.165) is 27.3 Å². The van der Waals surface area contributed by atoms with E-state index in [9.17, 15) is 5.11 Å². The highest BCUT2D eigenvalue weighted by atomic mass is 35.5. The first-order valence-electron chi connectivity index (χ1n) is 6.88. The Morgan fingerprint density at radius 1 is 1.24 bits per heavy atom. The molecule has 0 fully saturated rings. The summed E-state index contributed by atoms with van der Waals surface area (Å²) in [5.74, 6) is 0. The van der Waals surface area contributed by atoms with Gasteiger partial charge in [0.15, 0.2) is 5.13 Å². The Morgan fingerprint density at radius 2 is 1.86 bits per heavy atom. The lowest BCUT2D eigenvalue weighted by Crippen LogP contribution is -2.18. The van der Waals surface area contributed by atoms with Crippen molar-refractivity contribution in [3.63, 3.8) is 0 Å². The zero-order valence-corrected chi connectivity index (χ0v) is 14.4. The summed E-state index contributed by atoms with van der Waals surface area (Å²) in [6, 6.07) is 7.83. The van der Waals surface area contributed by atoms with Gasteiger partial charge in [0, 0.05) is 24.0 Å². The minimum Gasteiger partial charge on any atom is -0.391 e. The summed E-state index contributed by atoms with van der Waals surface area (Å²) in [5.41, 5.74) is 2.10. The fourth-order valence-electron chi connectivity index (χ4n) is 2.13. The molecular formula is C16H21ClN2OS. The Morgan fingerprint density at radius 3 is 2.33 bits per heavy atom. The molecule has 3 nitrogen and oxygen atoms in total. The fraction of sp³-hybridized carbons (Fsp3) is 0.438. The maximum atomic E-state index is 9.53. The van der Waals surface area contributed by atoms with E-state index in [4.69, 9.17) is 16.6 Å². The van der Waals surface area contributed by atoms with Crippen LogP contribution in [-0.2, 0) is 18.6 Å². The molecule has 1 heterocycles. The Labute approximate surface area is 135 Å². The van der Waals surface area contributed by atoms with Gasteiger partial charge in [-0.25, -0.2) is 4.98 Å². The van der Waals surface area contributed by atoms with Crippen LogP contribution in [0.25, 0.3) is 0 Å². The molecule has 1 aromatic heterocycles. The van der Waals surface area contributed by atoms with E-state index in [-0.39, 0.29) is 12.0 Å². The molecule has 0 aliphatic heterocycles. The van der Waals surface area contributed by atoms with Gasteiger partial charge in [0.1, 0.15) is 0 Å². The number of benzene rings is 1. The van der Waals surface area contributed by atoms with Gasteiger partial charge in [-0.3, -0.25) is 0 Å². The third-order valence-electron chi connectivity index (χ3n) is 3.20. The van der Waals surface area contributed by atoms with Crippen molar-refractivity contribution < 1.29 is 5.11 Å². The normalized spacial score (nSPS) is 11.7. The third kappa shape index (κ3) is 3.96. The molecule has 5 heteroatoms. The number of hydrogen-bond donors (Lipinski definition) is 1. The zero-order chi connectivity index (χ0) is 15.6. The van der Waals surface area contributed by atoms with Crippen molar-refractivity contribution in [2.75, 3.05) is 11.9 Å². The molecule has 0 aliphatic rings. The average molecular weight is 325 g/mol. The number of halogens is 1. The SMILES string of the molecule is CN(Cc1ccc(Cl)cc1)c1nc(C(C)(C)C)c(CO)s1. The number of hydrogen-bond acceptors (Lipinski definition) is 4. The van der Waals surface area contributed by atoms with Gasteiger partial charge in [0.2, 0.25) is 0 Å². The van der Waals surface area contributed by atoms with Gasteiger partial charge in [-0.15, -0.1) is 0 Å². The maximum absolute atomic E-state index is 9.53. The van der Waals surface area contributed by atoms with Crippen LogP contribution < -0.4 is 4.90 Å². The van der Waals surface area contributed by atoms with Gasteiger partial charge in [-0.1, -0.05) is 55.8 Å². The largest absolute Gasteiger partial charge is 0.391 e. The minimum absolute atomic E-state index is 0.0407. The summed E-state index contributed by atoms with van der Waals surface area (Å²) >= 11 is 7.46. The predicted octanol–water partition coefficient (Wildman–Crippen LogP) is 4.22. The Hall–Kier alpha value is -1.10. The van der Waals surface area contributed by atoms with Crippen molar-refractivity contribution in [2.24, 2.45) is 0 Å². The average Bonchev–Trinajstić information content (AvgIpc) is 2.85.